The zero-order chi connectivity index (χ0) is 25.3. The molecule has 11 N–H and O–H groups in total. The second kappa shape index (κ2) is 11.6. The molecule has 3 aliphatic rings. The van der Waals surface area contributed by atoms with E-state index < -0.39 is 112 Å². The summed E-state index contributed by atoms with van der Waals surface area (Å²) in [5.74, 6) is 0. The minimum Gasteiger partial charge on any atom is -0.394 e. The Morgan fingerprint density at radius 1 is 0.441 bits per heavy atom. The van der Waals surface area contributed by atoms with Crippen LogP contribution in [-0.4, -0.2) is 168 Å². The van der Waals surface area contributed by atoms with E-state index >= 15 is 0 Å². The van der Waals surface area contributed by atoms with Gasteiger partial charge in [0.15, 0.2) is 18.9 Å². The lowest BCUT2D eigenvalue weighted by atomic mass is 9.96. The maximum atomic E-state index is 10.7. The van der Waals surface area contributed by atoms with Crippen LogP contribution in [0.1, 0.15) is 0 Å². The molecule has 0 saturated carbocycles. The van der Waals surface area contributed by atoms with E-state index in [2.05, 4.69) is 0 Å². The largest absolute Gasteiger partial charge is 0.394 e. The second-order valence-electron chi connectivity index (χ2n) is 8.33. The first kappa shape index (κ1) is 27.9. The number of aliphatic hydroxyl groups excluding tert-OH is 11. The number of rotatable bonds is 7. The van der Waals surface area contributed by atoms with E-state index in [9.17, 15) is 56.2 Å². The Balaban J connectivity index is 1.78. The smallest absolute Gasteiger partial charge is 0.187 e. The molecule has 3 heterocycles. The number of hydrogen-bond acceptors (Lipinski definition) is 16. The molecule has 3 saturated heterocycles. The standard InChI is InChI=1S/C18H32O16/c19-1-4-7(22)10(25)11(26)17(31-4)34-15-9(24)6(3-21)32-18(13(15)28)33-14-8(23)5(2-20)30-16(29)12(14)27/h4-29H,1-3H2/t4-,5-,6-,7+,8-,9-,10+,11-,12-,13-,14+,15+,16?,17-,18-/m1/s1. The monoisotopic (exact) mass is 504 g/mol. The van der Waals surface area contributed by atoms with E-state index in [1.165, 1.54) is 0 Å². The second-order valence-corrected chi connectivity index (χ2v) is 8.33. The van der Waals surface area contributed by atoms with Crippen molar-refractivity contribution >= 4 is 0 Å². The summed E-state index contributed by atoms with van der Waals surface area (Å²) in [7, 11) is 0. The van der Waals surface area contributed by atoms with Gasteiger partial charge in [-0.2, -0.15) is 0 Å². The summed E-state index contributed by atoms with van der Waals surface area (Å²) in [5.41, 5.74) is 0. The first-order valence-corrected chi connectivity index (χ1v) is 10.6. The molecule has 0 aromatic carbocycles. The van der Waals surface area contributed by atoms with Crippen LogP contribution in [0.3, 0.4) is 0 Å². The molecule has 0 spiro atoms. The van der Waals surface area contributed by atoms with Crippen LogP contribution in [0.25, 0.3) is 0 Å². The quantitative estimate of drug-likeness (QED) is 0.154. The minimum atomic E-state index is -1.92. The molecule has 0 aromatic rings. The molecule has 200 valence electrons. The van der Waals surface area contributed by atoms with Crippen molar-refractivity contribution in [3.8, 4) is 0 Å². The third kappa shape index (κ3) is 5.37. The fourth-order valence-electron chi connectivity index (χ4n) is 4.04. The molecule has 16 nitrogen and oxygen atoms in total. The summed E-state index contributed by atoms with van der Waals surface area (Å²) in [5, 5.41) is 110. The fraction of sp³-hybridized carbons (Fsp3) is 1.00. The minimum absolute atomic E-state index is 0.750. The third-order valence-corrected chi connectivity index (χ3v) is 6.09. The number of ether oxygens (including phenoxy) is 5. The Bertz CT molecular complexity index is 639. The molecule has 3 rings (SSSR count). The summed E-state index contributed by atoms with van der Waals surface area (Å²) in [6.45, 7) is -2.33. The Morgan fingerprint density at radius 2 is 0.853 bits per heavy atom. The maximum absolute atomic E-state index is 10.7. The number of aliphatic hydroxyl groups is 11. The third-order valence-electron chi connectivity index (χ3n) is 6.09. The molecule has 0 radical (unpaired) electrons. The molecule has 0 aromatic heterocycles. The Kier molecular flexibility index (Phi) is 9.54. The molecule has 0 aliphatic carbocycles. The van der Waals surface area contributed by atoms with Crippen LogP contribution in [-0.2, 0) is 23.7 Å². The summed E-state index contributed by atoms with van der Waals surface area (Å²) in [6.07, 6.45) is -25.5. The highest BCUT2D eigenvalue weighted by molar-refractivity contribution is 4.96. The normalized spacial score (nSPS) is 52.5. The highest BCUT2D eigenvalue weighted by atomic mass is 16.7. The Labute approximate surface area is 192 Å². The van der Waals surface area contributed by atoms with E-state index in [0.29, 0.717) is 0 Å². The maximum Gasteiger partial charge on any atom is 0.187 e. The van der Waals surface area contributed by atoms with Crippen LogP contribution in [0.2, 0.25) is 0 Å². The molecule has 34 heavy (non-hydrogen) atoms. The van der Waals surface area contributed by atoms with Gasteiger partial charge in [-0.3, -0.25) is 0 Å². The first-order valence-electron chi connectivity index (χ1n) is 10.6. The molecule has 3 aliphatic heterocycles. The van der Waals surface area contributed by atoms with Gasteiger partial charge in [-0.1, -0.05) is 0 Å². The zero-order valence-electron chi connectivity index (χ0n) is 17.7. The molecule has 0 amide bonds. The summed E-state index contributed by atoms with van der Waals surface area (Å²) in [6, 6.07) is 0. The van der Waals surface area contributed by atoms with Crippen molar-refractivity contribution in [2.24, 2.45) is 0 Å². The van der Waals surface area contributed by atoms with Gasteiger partial charge in [0.2, 0.25) is 0 Å². The van der Waals surface area contributed by atoms with Crippen molar-refractivity contribution in [3.05, 3.63) is 0 Å². The van der Waals surface area contributed by atoms with Crippen molar-refractivity contribution in [2.75, 3.05) is 19.8 Å². The van der Waals surface area contributed by atoms with Crippen molar-refractivity contribution in [2.45, 2.75) is 92.1 Å². The predicted octanol–water partition coefficient (Wildman–Crippen LogP) is -7.57. The lowest BCUT2D eigenvalue weighted by Gasteiger charge is -2.47. The topological polar surface area (TPSA) is 269 Å². The van der Waals surface area contributed by atoms with Crippen LogP contribution in [0.15, 0.2) is 0 Å². The highest BCUT2D eigenvalue weighted by Crippen LogP contribution is 2.32. The van der Waals surface area contributed by atoms with Crippen molar-refractivity contribution in [1.29, 1.82) is 0 Å². The average Bonchev–Trinajstić information content (AvgIpc) is 2.82. The fourth-order valence-corrected chi connectivity index (χ4v) is 4.04. The van der Waals surface area contributed by atoms with E-state index in [-0.39, 0.29) is 0 Å². The predicted molar refractivity (Wildman–Crippen MR) is 101 cm³/mol. The van der Waals surface area contributed by atoms with E-state index in [1.807, 2.05) is 0 Å². The number of hydrogen-bond donors (Lipinski definition) is 11. The van der Waals surface area contributed by atoms with E-state index in [1.54, 1.807) is 0 Å². The van der Waals surface area contributed by atoms with E-state index in [0.717, 1.165) is 0 Å². The molecule has 1 unspecified atom stereocenters. The Hall–Kier alpha value is -0.640. The van der Waals surface area contributed by atoms with Crippen molar-refractivity contribution in [1.82, 2.24) is 0 Å². The molecule has 3 fully saturated rings. The van der Waals surface area contributed by atoms with Crippen molar-refractivity contribution in [3.63, 3.8) is 0 Å². The highest BCUT2D eigenvalue weighted by Gasteiger charge is 2.53. The van der Waals surface area contributed by atoms with Gasteiger partial charge < -0.3 is 79.9 Å². The van der Waals surface area contributed by atoms with Gasteiger partial charge >= 0.3 is 0 Å². The SMILES string of the molecule is OC[C@H]1O[C@H](O[C@@H]2[C@@H](O)[C@@H](O[C@H]3[C@H](O)[C@@H](CO)OC(O)[C@@H]3O)O[C@H](CO)[C@H]2O)[C@H](O)[C@@H](O)[C@H]1O. The molecular weight excluding hydrogens is 472 g/mol. The van der Waals surface area contributed by atoms with Gasteiger partial charge in [-0.25, -0.2) is 0 Å². The van der Waals surface area contributed by atoms with Gasteiger partial charge in [0.25, 0.3) is 0 Å². The van der Waals surface area contributed by atoms with Crippen LogP contribution in [0.4, 0.5) is 0 Å². The lowest BCUT2D eigenvalue weighted by molar-refractivity contribution is -0.379. The Morgan fingerprint density at radius 3 is 1.35 bits per heavy atom. The van der Waals surface area contributed by atoms with Gasteiger partial charge in [-0.05, 0) is 0 Å². The van der Waals surface area contributed by atoms with Crippen LogP contribution >= 0.6 is 0 Å². The molecule has 16 heteroatoms. The molecule has 0 bridgehead atoms. The van der Waals surface area contributed by atoms with Gasteiger partial charge in [0, 0.05) is 0 Å². The summed E-state index contributed by atoms with van der Waals surface area (Å²) in [4.78, 5) is 0. The van der Waals surface area contributed by atoms with Gasteiger partial charge in [0.1, 0.15) is 73.2 Å². The summed E-state index contributed by atoms with van der Waals surface area (Å²) >= 11 is 0. The average molecular weight is 504 g/mol. The van der Waals surface area contributed by atoms with Gasteiger partial charge in [0.05, 0.1) is 19.8 Å². The first-order chi connectivity index (χ1) is 16.0. The zero-order valence-corrected chi connectivity index (χ0v) is 17.7. The van der Waals surface area contributed by atoms with Crippen LogP contribution in [0.5, 0.6) is 0 Å². The molecular formula is C18H32O16. The van der Waals surface area contributed by atoms with Crippen LogP contribution < -0.4 is 0 Å². The van der Waals surface area contributed by atoms with Crippen LogP contribution in [0, 0.1) is 0 Å². The van der Waals surface area contributed by atoms with E-state index in [4.69, 9.17) is 23.7 Å². The lowest BCUT2D eigenvalue weighted by Crippen LogP contribution is -2.66. The summed E-state index contributed by atoms with van der Waals surface area (Å²) < 4.78 is 26.2. The molecule has 15 atom stereocenters. The van der Waals surface area contributed by atoms with Gasteiger partial charge in [-0.15, -0.1) is 0 Å². The van der Waals surface area contributed by atoms with Crippen molar-refractivity contribution < 1.29 is 79.9 Å².